The van der Waals surface area contributed by atoms with Crippen molar-refractivity contribution in [2.75, 3.05) is 6.54 Å². The van der Waals surface area contributed by atoms with E-state index in [0.29, 0.717) is 35.6 Å². The van der Waals surface area contributed by atoms with Gasteiger partial charge in [-0.15, -0.1) is 0 Å². The number of amides is 1. The second-order valence-electron chi connectivity index (χ2n) is 8.72. The van der Waals surface area contributed by atoms with Crippen LogP contribution in [0.15, 0.2) is 47.3 Å². The lowest BCUT2D eigenvalue weighted by Gasteiger charge is -2.31. The fraction of sp³-hybridized carbons (Fsp3) is 0.423. The number of nitrogens with zero attached hydrogens (tertiary/aromatic N) is 3. The van der Waals surface area contributed by atoms with Crippen LogP contribution in [0.25, 0.3) is 16.6 Å². The summed E-state index contributed by atoms with van der Waals surface area (Å²) >= 11 is 0. The van der Waals surface area contributed by atoms with Gasteiger partial charge in [0.05, 0.1) is 22.6 Å². The molecule has 0 radical (unpaired) electrons. The molecule has 0 saturated heterocycles. The van der Waals surface area contributed by atoms with Gasteiger partial charge in [-0.05, 0) is 56.9 Å². The van der Waals surface area contributed by atoms with Crippen LogP contribution in [0.4, 0.5) is 0 Å². The molecule has 0 spiro atoms. The first-order valence-electron chi connectivity index (χ1n) is 11.1. The number of aryl methyl sites for hydroxylation is 2. The molecule has 5 heteroatoms. The Kier molecular flexibility index (Phi) is 6.94. The Bertz CT molecular complexity index is 1150. The van der Waals surface area contributed by atoms with Gasteiger partial charge in [0.1, 0.15) is 5.82 Å². The first-order valence-corrected chi connectivity index (χ1v) is 11.1. The lowest BCUT2D eigenvalue weighted by atomic mass is 10.1. The van der Waals surface area contributed by atoms with Gasteiger partial charge in [-0.3, -0.25) is 14.2 Å². The van der Waals surface area contributed by atoms with E-state index in [1.54, 1.807) is 4.57 Å². The SMILES string of the molecule is CCC(=O)N(CCC(C)C)C(C)c1nc2ccccc2c(=O)n1-c1ccc(C)cc1C. The summed E-state index contributed by atoms with van der Waals surface area (Å²) < 4.78 is 1.70. The van der Waals surface area contributed by atoms with E-state index >= 15 is 0 Å². The molecular formula is C26H33N3O2. The minimum atomic E-state index is -0.329. The van der Waals surface area contributed by atoms with Crippen LogP contribution in [0.1, 0.15) is 63.5 Å². The van der Waals surface area contributed by atoms with E-state index in [0.717, 1.165) is 23.2 Å². The summed E-state index contributed by atoms with van der Waals surface area (Å²) in [7, 11) is 0. The first-order chi connectivity index (χ1) is 14.7. The van der Waals surface area contributed by atoms with Gasteiger partial charge in [0, 0.05) is 13.0 Å². The van der Waals surface area contributed by atoms with Crippen LogP contribution in [0.2, 0.25) is 0 Å². The third-order valence-corrected chi connectivity index (χ3v) is 5.81. The highest BCUT2D eigenvalue weighted by molar-refractivity contribution is 5.79. The maximum Gasteiger partial charge on any atom is 0.266 e. The molecule has 3 rings (SSSR count). The summed E-state index contributed by atoms with van der Waals surface area (Å²) in [5.74, 6) is 1.15. The zero-order valence-electron chi connectivity index (χ0n) is 19.5. The average Bonchev–Trinajstić information content (AvgIpc) is 2.74. The zero-order valence-corrected chi connectivity index (χ0v) is 19.5. The molecular weight excluding hydrogens is 386 g/mol. The molecule has 0 bridgehead atoms. The fourth-order valence-corrected chi connectivity index (χ4v) is 3.99. The summed E-state index contributed by atoms with van der Waals surface area (Å²) in [6.45, 7) is 12.8. The van der Waals surface area contributed by atoms with E-state index in [1.807, 2.05) is 69.0 Å². The molecule has 5 nitrogen and oxygen atoms in total. The van der Waals surface area contributed by atoms with Gasteiger partial charge in [0.2, 0.25) is 5.91 Å². The van der Waals surface area contributed by atoms with Crippen molar-refractivity contribution in [2.45, 2.75) is 60.4 Å². The Labute approximate surface area is 184 Å². The molecule has 1 aromatic heterocycles. The molecule has 0 N–H and O–H groups in total. The Morgan fingerprint density at radius 3 is 2.45 bits per heavy atom. The summed E-state index contributed by atoms with van der Waals surface area (Å²) in [4.78, 5) is 33.3. The number of carbonyl (C=O) groups excluding carboxylic acids is 1. The highest BCUT2D eigenvalue weighted by Gasteiger charge is 2.26. The second-order valence-corrected chi connectivity index (χ2v) is 8.72. The highest BCUT2D eigenvalue weighted by Crippen LogP contribution is 2.26. The number of fused-ring (bicyclic) bond motifs is 1. The molecule has 1 unspecified atom stereocenters. The normalized spacial score (nSPS) is 12.4. The number of hydrogen-bond acceptors (Lipinski definition) is 3. The smallest absolute Gasteiger partial charge is 0.266 e. The van der Waals surface area contributed by atoms with Crippen molar-refractivity contribution in [3.8, 4) is 5.69 Å². The van der Waals surface area contributed by atoms with E-state index in [2.05, 4.69) is 19.9 Å². The van der Waals surface area contributed by atoms with E-state index < -0.39 is 0 Å². The van der Waals surface area contributed by atoms with Gasteiger partial charge in [0.25, 0.3) is 5.56 Å². The Hall–Kier alpha value is -2.95. The van der Waals surface area contributed by atoms with Gasteiger partial charge in [-0.2, -0.15) is 0 Å². The van der Waals surface area contributed by atoms with Crippen LogP contribution >= 0.6 is 0 Å². The average molecular weight is 420 g/mol. The van der Waals surface area contributed by atoms with Crippen molar-refractivity contribution in [3.63, 3.8) is 0 Å². The van der Waals surface area contributed by atoms with Crippen molar-refractivity contribution in [1.29, 1.82) is 0 Å². The van der Waals surface area contributed by atoms with Crippen LogP contribution in [0.5, 0.6) is 0 Å². The van der Waals surface area contributed by atoms with E-state index in [9.17, 15) is 9.59 Å². The van der Waals surface area contributed by atoms with Crippen molar-refractivity contribution < 1.29 is 4.79 Å². The maximum absolute atomic E-state index is 13.6. The van der Waals surface area contributed by atoms with Gasteiger partial charge in [-0.25, -0.2) is 4.98 Å². The van der Waals surface area contributed by atoms with Crippen molar-refractivity contribution in [3.05, 3.63) is 69.8 Å². The van der Waals surface area contributed by atoms with Gasteiger partial charge < -0.3 is 4.90 Å². The Morgan fingerprint density at radius 2 is 1.81 bits per heavy atom. The molecule has 0 fully saturated rings. The topological polar surface area (TPSA) is 55.2 Å². The van der Waals surface area contributed by atoms with E-state index in [-0.39, 0.29) is 17.5 Å². The Balaban J connectivity index is 2.26. The summed E-state index contributed by atoms with van der Waals surface area (Å²) in [6, 6.07) is 13.1. The minimum Gasteiger partial charge on any atom is -0.333 e. The molecule has 0 saturated carbocycles. The molecule has 164 valence electrons. The number of hydrogen-bond donors (Lipinski definition) is 0. The molecule has 3 aromatic rings. The zero-order chi connectivity index (χ0) is 22.7. The number of rotatable bonds is 7. The molecule has 31 heavy (non-hydrogen) atoms. The van der Waals surface area contributed by atoms with Crippen LogP contribution in [0.3, 0.4) is 0 Å². The van der Waals surface area contributed by atoms with Crippen LogP contribution in [-0.4, -0.2) is 26.9 Å². The van der Waals surface area contributed by atoms with Gasteiger partial charge in [-0.1, -0.05) is 50.6 Å². The fourth-order valence-electron chi connectivity index (χ4n) is 3.99. The lowest BCUT2D eigenvalue weighted by Crippen LogP contribution is -2.38. The third-order valence-electron chi connectivity index (χ3n) is 5.81. The number of para-hydroxylation sites is 1. The van der Waals surface area contributed by atoms with Gasteiger partial charge >= 0.3 is 0 Å². The van der Waals surface area contributed by atoms with Crippen LogP contribution in [0, 0.1) is 19.8 Å². The largest absolute Gasteiger partial charge is 0.333 e. The Morgan fingerprint density at radius 1 is 1.10 bits per heavy atom. The minimum absolute atomic E-state index is 0.0720. The second kappa shape index (κ2) is 9.46. The van der Waals surface area contributed by atoms with E-state index in [4.69, 9.17) is 4.98 Å². The van der Waals surface area contributed by atoms with Gasteiger partial charge in [0.15, 0.2) is 0 Å². The summed E-state index contributed by atoms with van der Waals surface area (Å²) in [5, 5.41) is 0.578. The quantitative estimate of drug-likeness (QED) is 0.519. The van der Waals surface area contributed by atoms with Crippen LogP contribution in [-0.2, 0) is 4.79 Å². The highest BCUT2D eigenvalue weighted by atomic mass is 16.2. The number of aromatic nitrogens is 2. The molecule has 1 amide bonds. The van der Waals surface area contributed by atoms with Crippen LogP contribution < -0.4 is 5.56 Å². The monoisotopic (exact) mass is 419 g/mol. The van der Waals surface area contributed by atoms with E-state index in [1.165, 1.54) is 0 Å². The maximum atomic E-state index is 13.6. The number of benzene rings is 2. The number of carbonyl (C=O) groups is 1. The first kappa shape index (κ1) is 22.7. The lowest BCUT2D eigenvalue weighted by molar-refractivity contribution is -0.133. The molecule has 2 aromatic carbocycles. The van der Waals surface area contributed by atoms with Crippen molar-refractivity contribution >= 4 is 16.8 Å². The standard InChI is InChI=1S/C26H33N3O2/c1-7-24(30)28(15-14-17(2)3)20(6)25-27-22-11-9-8-10-21(22)26(31)29(25)23-13-12-18(4)16-19(23)5/h8-13,16-17,20H,7,14-15H2,1-6H3. The van der Waals surface area contributed by atoms with Crippen molar-refractivity contribution in [2.24, 2.45) is 5.92 Å². The molecule has 0 aliphatic carbocycles. The summed E-state index contributed by atoms with van der Waals surface area (Å²) in [5.41, 5.74) is 3.50. The predicted octanol–water partition coefficient (Wildman–Crippen LogP) is 5.35. The summed E-state index contributed by atoms with van der Waals surface area (Å²) in [6.07, 6.45) is 1.32. The predicted molar refractivity (Wildman–Crippen MR) is 127 cm³/mol. The molecule has 1 heterocycles. The molecule has 0 aliphatic heterocycles. The third kappa shape index (κ3) is 4.71. The van der Waals surface area contributed by atoms with Crippen molar-refractivity contribution in [1.82, 2.24) is 14.5 Å². The molecule has 1 atom stereocenters. The molecule has 0 aliphatic rings.